The van der Waals surface area contributed by atoms with Crippen molar-refractivity contribution in [2.45, 2.75) is 30.8 Å². The van der Waals surface area contributed by atoms with Gasteiger partial charge in [0.15, 0.2) is 17.1 Å². The summed E-state index contributed by atoms with van der Waals surface area (Å²) in [5.41, 5.74) is 2.64. The number of anilines is 3. The van der Waals surface area contributed by atoms with Gasteiger partial charge in [0.2, 0.25) is 5.91 Å². The number of hydrogen-bond donors (Lipinski definition) is 3. The van der Waals surface area contributed by atoms with Gasteiger partial charge in [-0.1, -0.05) is 59.8 Å². The van der Waals surface area contributed by atoms with E-state index in [2.05, 4.69) is 15.8 Å². The van der Waals surface area contributed by atoms with E-state index >= 15 is 0 Å². The highest BCUT2D eigenvalue weighted by atomic mass is 16.5. The summed E-state index contributed by atoms with van der Waals surface area (Å²) in [7, 11) is 0. The molecule has 3 aliphatic heterocycles. The van der Waals surface area contributed by atoms with Gasteiger partial charge in [-0.3, -0.25) is 14.4 Å². The number of amides is 2. The largest absolute Gasteiger partial charge is 0.507 e. The molecule has 3 unspecified atom stereocenters. The molecule has 7 rings (SSSR count). The van der Waals surface area contributed by atoms with Crippen molar-refractivity contribution in [2.24, 2.45) is 0 Å². The quantitative estimate of drug-likeness (QED) is 0.351. The molecule has 0 saturated carbocycles. The van der Waals surface area contributed by atoms with E-state index in [9.17, 15) is 19.5 Å². The molecule has 1 saturated heterocycles. The lowest BCUT2D eigenvalue weighted by Crippen LogP contribution is -2.53. The third-order valence-electron chi connectivity index (χ3n) is 8.05. The Morgan fingerprint density at radius 2 is 1.68 bits per heavy atom. The van der Waals surface area contributed by atoms with Crippen molar-refractivity contribution >= 4 is 46.8 Å². The lowest BCUT2D eigenvalue weighted by Gasteiger charge is -2.39. The normalized spacial score (nSPS) is 23.1. The molecule has 4 aromatic rings. The SMILES string of the molecule is Cc1noc(/C=C/c2ccccc2O)c1N1C(C2C(=O)Nc3ccccc32)C(=O)CC12C(=O)Nc1ccccc12. The van der Waals surface area contributed by atoms with E-state index in [1.165, 1.54) is 0 Å². The number of carbonyl (C=O) groups is 3. The lowest BCUT2D eigenvalue weighted by molar-refractivity contribution is -0.124. The van der Waals surface area contributed by atoms with E-state index in [0.717, 1.165) is 0 Å². The second-order valence-corrected chi connectivity index (χ2v) is 10.2. The molecule has 40 heavy (non-hydrogen) atoms. The minimum absolute atomic E-state index is 0.0885. The highest BCUT2D eigenvalue weighted by Gasteiger charge is 2.64. The summed E-state index contributed by atoms with van der Waals surface area (Å²) in [4.78, 5) is 43.2. The van der Waals surface area contributed by atoms with Crippen LogP contribution in [-0.4, -0.2) is 33.9 Å². The number of benzene rings is 3. The molecule has 1 fully saturated rings. The first-order chi connectivity index (χ1) is 19.4. The van der Waals surface area contributed by atoms with Crippen LogP contribution in [0.4, 0.5) is 17.1 Å². The molecule has 3 N–H and O–H groups in total. The smallest absolute Gasteiger partial charge is 0.255 e. The van der Waals surface area contributed by atoms with Crippen LogP contribution in [-0.2, 0) is 19.9 Å². The van der Waals surface area contributed by atoms with Crippen LogP contribution >= 0.6 is 0 Å². The molecule has 9 heteroatoms. The van der Waals surface area contributed by atoms with Crippen molar-refractivity contribution < 1.29 is 24.0 Å². The van der Waals surface area contributed by atoms with Crippen molar-refractivity contribution in [3.05, 3.63) is 101 Å². The Morgan fingerprint density at radius 1 is 0.950 bits per heavy atom. The summed E-state index contributed by atoms with van der Waals surface area (Å²) in [6, 6.07) is 20.4. The Bertz CT molecular complexity index is 1760. The van der Waals surface area contributed by atoms with E-state index in [4.69, 9.17) is 4.52 Å². The number of nitrogens with zero attached hydrogens (tertiary/aromatic N) is 2. The predicted molar refractivity (Wildman–Crippen MR) is 149 cm³/mol. The number of rotatable bonds is 4. The standard InChI is InChI=1S/C31H24N4O5/c1-17-27(25(40-34-17)15-14-18-8-2-7-13-23(18)36)35-28(26-19-9-3-5-11-21(19)32-29(26)38)24(37)16-31(35)20-10-4-6-12-22(20)33-30(31)39/h2-15,26,28,36H,16H2,1H3,(H,32,38)(H,33,39)/b15-14+. The van der Waals surface area contributed by atoms with Gasteiger partial charge in [0.05, 0.1) is 5.92 Å². The molecule has 4 heterocycles. The molecule has 9 nitrogen and oxygen atoms in total. The fraction of sp³-hybridized carbons (Fsp3) is 0.161. The van der Waals surface area contributed by atoms with E-state index in [-0.39, 0.29) is 29.8 Å². The minimum atomic E-state index is -1.41. The fourth-order valence-corrected chi connectivity index (χ4v) is 6.33. The van der Waals surface area contributed by atoms with Crippen molar-refractivity contribution in [1.29, 1.82) is 0 Å². The number of aromatic hydroxyl groups is 1. The summed E-state index contributed by atoms with van der Waals surface area (Å²) in [6.45, 7) is 1.74. The van der Waals surface area contributed by atoms with Crippen LogP contribution in [0.15, 0.2) is 77.3 Å². The Hall–Kier alpha value is -5.18. The van der Waals surface area contributed by atoms with Crippen molar-refractivity contribution in [1.82, 2.24) is 5.16 Å². The van der Waals surface area contributed by atoms with Gasteiger partial charge in [-0.2, -0.15) is 0 Å². The van der Waals surface area contributed by atoms with Gasteiger partial charge in [-0.25, -0.2) is 0 Å². The van der Waals surface area contributed by atoms with E-state index in [1.54, 1.807) is 60.4 Å². The van der Waals surface area contributed by atoms with Crippen molar-refractivity contribution in [3.8, 4) is 5.75 Å². The number of phenolic OH excluding ortho intramolecular Hbond substituents is 1. The predicted octanol–water partition coefficient (Wildman–Crippen LogP) is 4.59. The van der Waals surface area contributed by atoms with Gasteiger partial charge >= 0.3 is 0 Å². The van der Waals surface area contributed by atoms with Gasteiger partial charge in [-0.05, 0) is 42.8 Å². The maximum Gasteiger partial charge on any atom is 0.255 e. The fourth-order valence-electron chi connectivity index (χ4n) is 6.33. The first-order valence-corrected chi connectivity index (χ1v) is 13.0. The van der Waals surface area contributed by atoms with Crippen LogP contribution in [0.1, 0.15) is 40.5 Å². The number of ketones is 1. The number of Topliss-reactive ketones (excluding diaryl/α,β-unsaturated/α-hetero) is 1. The zero-order valence-electron chi connectivity index (χ0n) is 21.4. The molecule has 0 bridgehead atoms. The molecule has 2 amide bonds. The number of phenols is 1. The van der Waals surface area contributed by atoms with Gasteiger partial charge in [-0.15, -0.1) is 0 Å². The number of para-hydroxylation sites is 3. The van der Waals surface area contributed by atoms with Crippen molar-refractivity contribution in [2.75, 3.05) is 15.5 Å². The average Bonchev–Trinajstić information content (AvgIpc) is 3.64. The number of aromatic nitrogens is 1. The van der Waals surface area contributed by atoms with Crippen LogP contribution < -0.4 is 15.5 Å². The maximum atomic E-state index is 14.1. The summed E-state index contributed by atoms with van der Waals surface area (Å²) in [6.07, 6.45) is 3.21. The average molecular weight is 533 g/mol. The molecule has 3 atom stereocenters. The molecule has 3 aliphatic rings. The van der Waals surface area contributed by atoms with E-state index < -0.39 is 17.5 Å². The van der Waals surface area contributed by atoms with E-state index in [0.29, 0.717) is 45.2 Å². The number of aryl methyl sites for hydroxylation is 1. The third-order valence-corrected chi connectivity index (χ3v) is 8.05. The molecule has 1 spiro atoms. The zero-order valence-corrected chi connectivity index (χ0v) is 21.4. The summed E-state index contributed by atoms with van der Waals surface area (Å²) < 4.78 is 5.73. The van der Waals surface area contributed by atoms with E-state index in [1.807, 2.05) is 36.4 Å². The van der Waals surface area contributed by atoms with Gasteiger partial charge < -0.3 is 25.2 Å². The molecule has 198 valence electrons. The number of carbonyl (C=O) groups excluding carboxylic acids is 3. The number of fused-ring (bicyclic) bond motifs is 3. The first-order valence-electron chi connectivity index (χ1n) is 13.0. The van der Waals surface area contributed by atoms with Crippen LogP contribution in [0, 0.1) is 6.92 Å². The van der Waals surface area contributed by atoms with Crippen LogP contribution in [0.2, 0.25) is 0 Å². The van der Waals surface area contributed by atoms with Crippen LogP contribution in [0.25, 0.3) is 12.2 Å². The lowest BCUT2D eigenvalue weighted by atomic mass is 9.87. The Morgan fingerprint density at radius 3 is 2.50 bits per heavy atom. The molecule has 0 aliphatic carbocycles. The molecule has 0 radical (unpaired) electrons. The molecular weight excluding hydrogens is 508 g/mol. The minimum Gasteiger partial charge on any atom is -0.507 e. The van der Waals surface area contributed by atoms with Gasteiger partial charge in [0.25, 0.3) is 5.91 Å². The second kappa shape index (κ2) is 8.67. The zero-order chi connectivity index (χ0) is 27.6. The molecule has 3 aromatic carbocycles. The summed E-state index contributed by atoms with van der Waals surface area (Å²) in [5, 5.41) is 20.3. The Labute approximate surface area is 229 Å². The van der Waals surface area contributed by atoms with Gasteiger partial charge in [0.1, 0.15) is 23.2 Å². The third kappa shape index (κ3) is 3.27. The highest BCUT2D eigenvalue weighted by molar-refractivity contribution is 6.17. The molecular formula is C31H24N4O5. The number of nitrogens with one attached hydrogen (secondary N) is 2. The Balaban J connectivity index is 1.45. The first kappa shape index (κ1) is 23.9. The number of hydrogen-bond acceptors (Lipinski definition) is 7. The summed E-state index contributed by atoms with van der Waals surface area (Å²) in [5.74, 6) is -1.37. The van der Waals surface area contributed by atoms with Gasteiger partial charge in [0, 0.05) is 28.9 Å². The van der Waals surface area contributed by atoms with Crippen LogP contribution in [0.5, 0.6) is 5.75 Å². The molecule has 1 aromatic heterocycles. The highest BCUT2D eigenvalue weighted by Crippen LogP contribution is 2.55. The summed E-state index contributed by atoms with van der Waals surface area (Å²) >= 11 is 0. The monoisotopic (exact) mass is 532 g/mol. The second-order valence-electron chi connectivity index (χ2n) is 10.2. The maximum absolute atomic E-state index is 14.1. The topological polar surface area (TPSA) is 125 Å². The Kier molecular flexibility index (Phi) is 5.18. The van der Waals surface area contributed by atoms with Crippen LogP contribution in [0.3, 0.4) is 0 Å². The van der Waals surface area contributed by atoms with Crippen molar-refractivity contribution in [3.63, 3.8) is 0 Å².